The van der Waals surface area contributed by atoms with Gasteiger partial charge in [-0.3, -0.25) is 9.59 Å². The SMILES string of the molecule is Cc1cccc(N2CCN(C(=O)CCS(=O)(=O)c3cc4c5c(c3)CCN5C(=O)CC4)CC2)c1C. The lowest BCUT2D eigenvalue weighted by Gasteiger charge is -2.37. The Morgan fingerprint density at radius 3 is 2.38 bits per heavy atom. The maximum atomic E-state index is 13.1. The van der Waals surface area contributed by atoms with Crippen molar-refractivity contribution in [3.63, 3.8) is 0 Å². The van der Waals surface area contributed by atoms with Crippen LogP contribution in [0.1, 0.15) is 35.1 Å². The van der Waals surface area contributed by atoms with Crippen LogP contribution in [-0.2, 0) is 32.3 Å². The zero-order valence-corrected chi connectivity index (χ0v) is 20.7. The maximum absolute atomic E-state index is 13.1. The number of nitrogens with zero attached hydrogens (tertiary/aromatic N) is 3. The molecule has 0 radical (unpaired) electrons. The van der Waals surface area contributed by atoms with Gasteiger partial charge in [-0.05, 0) is 67.1 Å². The third-order valence-electron chi connectivity index (χ3n) is 7.52. The molecule has 1 saturated heterocycles. The molecule has 3 heterocycles. The van der Waals surface area contributed by atoms with Gasteiger partial charge in [-0.25, -0.2) is 8.42 Å². The first-order chi connectivity index (χ1) is 16.2. The first-order valence-electron chi connectivity index (χ1n) is 12.0. The maximum Gasteiger partial charge on any atom is 0.227 e. The van der Waals surface area contributed by atoms with E-state index in [1.54, 1.807) is 21.9 Å². The number of piperazine rings is 1. The molecule has 5 rings (SSSR count). The number of aryl methyl sites for hydroxylation is 2. The van der Waals surface area contributed by atoms with Gasteiger partial charge >= 0.3 is 0 Å². The molecule has 0 aliphatic carbocycles. The van der Waals surface area contributed by atoms with E-state index in [0.717, 1.165) is 29.9 Å². The Morgan fingerprint density at radius 2 is 1.65 bits per heavy atom. The summed E-state index contributed by atoms with van der Waals surface area (Å²) < 4.78 is 26.2. The molecule has 2 amide bonds. The van der Waals surface area contributed by atoms with Gasteiger partial charge in [0, 0.05) is 51.3 Å². The Morgan fingerprint density at radius 1 is 0.941 bits per heavy atom. The zero-order chi connectivity index (χ0) is 24.0. The van der Waals surface area contributed by atoms with E-state index in [4.69, 9.17) is 0 Å². The molecular formula is C26H31N3O4S. The van der Waals surface area contributed by atoms with Crippen LogP contribution in [0.5, 0.6) is 0 Å². The topological polar surface area (TPSA) is 78.0 Å². The number of amides is 2. The molecule has 1 fully saturated rings. The van der Waals surface area contributed by atoms with Crippen molar-refractivity contribution in [2.24, 2.45) is 0 Å². The highest BCUT2D eigenvalue weighted by molar-refractivity contribution is 7.91. The van der Waals surface area contributed by atoms with Crippen LogP contribution in [0.15, 0.2) is 35.2 Å². The summed E-state index contributed by atoms with van der Waals surface area (Å²) in [6.45, 7) is 7.52. The van der Waals surface area contributed by atoms with Gasteiger partial charge in [0.25, 0.3) is 0 Å². The summed E-state index contributed by atoms with van der Waals surface area (Å²) in [5.74, 6) is -0.183. The fourth-order valence-corrected chi connectivity index (χ4v) is 6.70. The van der Waals surface area contributed by atoms with Gasteiger partial charge in [0.05, 0.1) is 16.3 Å². The molecule has 2 aromatic carbocycles. The molecule has 34 heavy (non-hydrogen) atoms. The lowest BCUT2D eigenvalue weighted by Crippen LogP contribution is -2.49. The molecule has 2 aromatic rings. The Kier molecular flexibility index (Phi) is 5.88. The van der Waals surface area contributed by atoms with E-state index < -0.39 is 9.84 Å². The normalized spacial score (nSPS) is 17.8. The number of hydrogen-bond acceptors (Lipinski definition) is 5. The number of carbonyl (C=O) groups excluding carboxylic acids is 2. The monoisotopic (exact) mass is 481 g/mol. The first kappa shape index (κ1) is 22.9. The second-order valence-corrected chi connectivity index (χ2v) is 11.7. The molecule has 0 aromatic heterocycles. The van der Waals surface area contributed by atoms with Gasteiger partial charge in [0.2, 0.25) is 11.8 Å². The molecule has 0 saturated carbocycles. The van der Waals surface area contributed by atoms with Crippen LogP contribution in [0.2, 0.25) is 0 Å². The average Bonchev–Trinajstić information content (AvgIpc) is 3.27. The third-order valence-corrected chi connectivity index (χ3v) is 9.21. The zero-order valence-electron chi connectivity index (χ0n) is 19.8. The molecule has 180 valence electrons. The fraction of sp³-hybridized carbons (Fsp3) is 0.462. The number of anilines is 2. The Bertz CT molecular complexity index is 1260. The second kappa shape index (κ2) is 8.73. The minimum absolute atomic E-state index is 0.0111. The van der Waals surface area contributed by atoms with Gasteiger partial charge in [-0.1, -0.05) is 12.1 Å². The summed E-state index contributed by atoms with van der Waals surface area (Å²) in [6.07, 6.45) is 1.66. The van der Waals surface area contributed by atoms with Crippen molar-refractivity contribution >= 4 is 33.0 Å². The van der Waals surface area contributed by atoms with Gasteiger partial charge in [0.15, 0.2) is 9.84 Å². The summed E-state index contributed by atoms with van der Waals surface area (Å²) in [7, 11) is -3.58. The van der Waals surface area contributed by atoms with Crippen LogP contribution in [-0.4, -0.2) is 63.6 Å². The Labute approximate surface area is 201 Å². The second-order valence-electron chi connectivity index (χ2n) is 9.54. The Hall–Kier alpha value is -2.87. The van der Waals surface area contributed by atoms with Crippen LogP contribution in [0.4, 0.5) is 11.4 Å². The van der Waals surface area contributed by atoms with Crippen LogP contribution in [0.3, 0.4) is 0 Å². The summed E-state index contributed by atoms with van der Waals surface area (Å²) in [4.78, 5) is 31.1. The summed E-state index contributed by atoms with van der Waals surface area (Å²) >= 11 is 0. The van der Waals surface area contributed by atoms with E-state index in [9.17, 15) is 18.0 Å². The Balaban J connectivity index is 1.22. The van der Waals surface area contributed by atoms with E-state index in [0.29, 0.717) is 38.9 Å². The highest BCUT2D eigenvalue weighted by atomic mass is 32.2. The number of rotatable bonds is 5. The molecule has 3 aliphatic rings. The predicted octanol–water partition coefficient (Wildman–Crippen LogP) is 2.65. The van der Waals surface area contributed by atoms with E-state index in [1.807, 2.05) is 0 Å². The quantitative estimate of drug-likeness (QED) is 0.656. The summed E-state index contributed by atoms with van der Waals surface area (Å²) in [5, 5.41) is 0. The molecule has 0 atom stereocenters. The van der Waals surface area contributed by atoms with Crippen molar-refractivity contribution < 1.29 is 18.0 Å². The highest BCUT2D eigenvalue weighted by Gasteiger charge is 2.33. The van der Waals surface area contributed by atoms with Crippen molar-refractivity contribution in [2.75, 3.05) is 48.3 Å². The number of sulfone groups is 1. The number of carbonyl (C=O) groups is 2. The van der Waals surface area contributed by atoms with E-state index >= 15 is 0 Å². The standard InChI is InChI=1S/C26H31N3O4S/c1-18-4-3-5-23(19(18)2)27-11-13-28(14-12-27)24(30)9-15-34(32,33)22-16-20-6-7-25(31)29-10-8-21(17-22)26(20)29/h3-5,16-17H,6-15H2,1-2H3. The minimum Gasteiger partial charge on any atom is -0.368 e. The first-order valence-corrected chi connectivity index (χ1v) is 13.7. The number of benzene rings is 2. The van der Waals surface area contributed by atoms with Crippen molar-refractivity contribution in [1.29, 1.82) is 0 Å². The van der Waals surface area contributed by atoms with Crippen molar-refractivity contribution in [2.45, 2.75) is 44.4 Å². The average molecular weight is 482 g/mol. The lowest BCUT2D eigenvalue weighted by atomic mass is 10.00. The fourth-order valence-electron chi connectivity index (χ4n) is 5.38. The van der Waals surface area contributed by atoms with Crippen LogP contribution in [0.25, 0.3) is 0 Å². The molecule has 0 N–H and O–H groups in total. The van der Waals surface area contributed by atoms with Crippen LogP contribution in [0, 0.1) is 13.8 Å². The lowest BCUT2D eigenvalue weighted by molar-refractivity contribution is -0.131. The minimum atomic E-state index is -3.58. The third kappa shape index (κ3) is 4.08. The van der Waals surface area contributed by atoms with Gasteiger partial charge in [-0.15, -0.1) is 0 Å². The molecule has 0 bridgehead atoms. The molecule has 0 unspecified atom stereocenters. The highest BCUT2D eigenvalue weighted by Crippen LogP contribution is 2.38. The van der Waals surface area contributed by atoms with Crippen LogP contribution >= 0.6 is 0 Å². The molecule has 8 heteroatoms. The van der Waals surface area contributed by atoms with Gasteiger partial charge in [-0.2, -0.15) is 0 Å². The van der Waals surface area contributed by atoms with E-state index in [2.05, 4.69) is 36.9 Å². The molecular weight excluding hydrogens is 450 g/mol. The van der Waals surface area contributed by atoms with Crippen LogP contribution < -0.4 is 9.80 Å². The molecule has 0 spiro atoms. The molecule has 3 aliphatic heterocycles. The summed E-state index contributed by atoms with van der Waals surface area (Å²) in [6, 6.07) is 9.70. The summed E-state index contributed by atoms with van der Waals surface area (Å²) in [5.41, 5.74) is 6.49. The van der Waals surface area contributed by atoms with E-state index in [-0.39, 0.29) is 28.9 Å². The number of hydrogen-bond donors (Lipinski definition) is 0. The van der Waals surface area contributed by atoms with Crippen molar-refractivity contribution in [3.05, 3.63) is 52.6 Å². The van der Waals surface area contributed by atoms with Gasteiger partial charge < -0.3 is 14.7 Å². The van der Waals surface area contributed by atoms with E-state index in [1.165, 1.54) is 16.8 Å². The van der Waals surface area contributed by atoms with Gasteiger partial charge in [0.1, 0.15) is 0 Å². The van der Waals surface area contributed by atoms with Crippen molar-refractivity contribution in [3.8, 4) is 0 Å². The smallest absolute Gasteiger partial charge is 0.227 e. The van der Waals surface area contributed by atoms with Crippen molar-refractivity contribution in [1.82, 2.24) is 4.90 Å². The predicted molar refractivity (Wildman–Crippen MR) is 132 cm³/mol. The largest absolute Gasteiger partial charge is 0.368 e. The molecule has 7 nitrogen and oxygen atoms in total.